The molecule has 0 radical (unpaired) electrons. The lowest BCUT2D eigenvalue weighted by Crippen LogP contribution is -2.55. The SMILES string of the molecule is CC=C(C)C(=O)OC(C)C(O)(C(=O)OCC1=CC[N+]2([O-])CCC(O)C12)C(C)C. The number of carbonyl (C=O) groups is 2. The first-order valence-electron chi connectivity index (χ1n) is 9.65. The predicted octanol–water partition coefficient (Wildman–Crippen LogP) is 1.20. The zero-order chi connectivity index (χ0) is 21.3. The van der Waals surface area contributed by atoms with E-state index in [-0.39, 0.29) is 13.2 Å². The fourth-order valence-electron chi connectivity index (χ4n) is 3.85. The number of nitrogens with zero attached hydrogens (tertiary/aromatic N) is 1. The quantitative estimate of drug-likeness (QED) is 0.218. The molecule has 0 aromatic rings. The Labute approximate surface area is 165 Å². The normalized spacial score (nSPS) is 30.5. The summed E-state index contributed by atoms with van der Waals surface area (Å²) in [6, 6.07) is -0.632. The van der Waals surface area contributed by atoms with Gasteiger partial charge in [-0.25, -0.2) is 9.59 Å². The van der Waals surface area contributed by atoms with Gasteiger partial charge in [-0.05, 0) is 32.8 Å². The van der Waals surface area contributed by atoms with Crippen LogP contribution in [0.1, 0.15) is 41.0 Å². The molecule has 0 bridgehead atoms. The van der Waals surface area contributed by atoms with E-state index in [0.717, 1.165) is 0 Å². The highest BCUT2D eigenvalue weighted by atomic mass is 16.6. The molecule has 0 aromatic carbocycles. The second kappa shape index (κ2) is 8.32. The average Bonchev–Trinajstić information content (AvgIpc) is 3.13. The molecule has 28 heavy (non-hydrogen) atoms. The summed E-state index contributed by atoms with van der Waals surface area (Å²) in [5, 5.41) is 33.7. The number of esters is 2. The molecule has 5 unspecified atom stereocenters. The van der Waals surface area contributed by atoms with Crippen molar-refractivity contribution >= 4 is 11.9 Å². The summed E-state index contributed by atoms with van der Waals surface area (Å²) in [6.45, 7) is 8.34. The maximum Gasteiger partial charge on any atom is 0.342 e. The van der Waals surface area contributed by atoms with Crippen molar-refractivity contribution in [1.82, 2.24) is 0 Å². The third-order valence-electron chi connectivity index (χ3n) is 5.95. The van der Waals surface area contributed by atoms with Crippen LogP contribution in [0.5, 0.6) is 0 Å². The van der Waals surface area contributed by atoms with E-state index in [0.29, 0.717) is 24.1 Å². The fraction of sp³-hybridized carbons (Fsp3) is 0.700. The van der Waals surface area contributed by atoms with E-state index in [2.05, 4.69) is 0 Å². The highest BCUT2D eigenvalue weighted by Crippen LogP contribution is 2.36. The molecule has 2 N–H and O–H groups in total. The Bertz CT molecular complexity index is 686. The topological polar surface area (TPSA) is 116 Å². The first-order valence-corrected chi connectivity index (χ1v) is 9.65. The van der Waals surface area contributed by atoms with Gasteiger partial charge in [0.15, 0.2) is 0 Å². The molecule has 2 aliphatic rings. The van der Waals surface area contributed by atoms with Gasteiger partial charge in [0.25, 0.3) is 0 Å². The number of ether oxygens (including phenoxy) is 2. The van der Waals surface area contributed by atoms with Crippen molar-refractivity contribution in [2.45, 2.75) is 64.9 Å². The van der Waals surface area contributed by atoms with Crippen LogP contribution in [0.15, 0.2) is 23.3 Å². The summed E-state index contributed by atoms with van der Waals surface area (Å²) in [7, 11) is 0. The molecule has 0 spiro atoms. The summed E-state index contributed by atoms with van der Waals surface area (Å²) in [5.74, 6) is -2.13. The standard InChI is InChI=1S/C20H31NO7/c1-6-13(4)18(23)28-14(5)20(25,12(2)3)19(24)27-11-15-7-9-21(26)10-8-16(22)17(15)21/h6-7,12,14,16-17,22,25H,8-11H2,1-5H3. The van der Waals surface area contributed by atoms with E-state index >= 15 is 0 Å². The highest BCUT2D eigenvalue weighted by Gasteiger charge is 2.50. The van der Waals surface area contributed by atoms with E-state index in [4.69, 9.17) is 9.47 Å². The van der Waals surface area contributed by atoms with Gasteiger partial charge < -0.3 is 29.5 Å². The Morgan fingerprint density at radius 1 is 1.43 bits per heavy atom. The van der Waals surface area contributed by atoms with Crippen LogP contribution in [0.25, 0.3) is 0 Å². The minimum Gasteiger partial charge on any atom is -0.632 e. The summed E-state index contributed by atoms with van der Waals surface area (Å²) in [4.78, 5) is 24.7. The molecule has 2 heterocycles. The smallest absolute Gasteiger partial charge is 0.342 e. The molecule has 0 aromatic heterocycles. The van der Waals surface area contributed by atoms with Gasteiger partial charge in [-0.1, -0.05) is 19.9 Å². The van der Waals surface area contributed by atoms with Crippen molar-refractivity contribution in [2.24, 2.45) is 5.92 Å². The number of aliphatic hydroxyl groups excluding tert-OH is 1. The zero-order valence-electron chi connectivity index (χ0n) is 17.2. The number of hydrogen-bond donors (Lipinski definition) is 2. The molecule has 2 aliphatic heterocycles. The van der Waals surface area contributed by atoms with E-state index in [1.165, 1.54) is 6.92 Å². The number of hydrogen-bond acceptors (Lipinski definition) is 7. The lowest BCUT2D eigenvalue weighted by atomic mass is 9.85. The Morgan fingerprint density at radius 3 is 2.64 bits per heavy atom. The van der Waals surface area contributed by atoms with Crippen molar-refractivity contribution in [1.29, 1.82) is 0 Å². The number of allylic oxidation sites excluding steroid dienone is 1. The first kappa shape index (κ1) is 22.5. The van der Waals surface area contributed by atoms with Gasteiger partial charge in [-0.2, -0.15) is 0 Å². The van der Waals surface area contributed by atoms with Gasteiger partial charge in [0.1, 0.15) is 24.9 Å². The number of aliphatic hydroxyl groups is 2. The number of hydroxylamine groups is 3. The number of quaternary nitrogens is 1. The minimum atomic E-state index is -2.04. The van der Waals surface area contributed by atoms with Gasteiger partial charge in [0, 0.05) is 17.6 Å². The molecule has 8 nitrogen and oxygen atoms in total. The van der Waals surface area contributed by atoms with E-state index in [9.17, 15) is 25.0 Å². The Morgan fingerprint density at radius 2 is 2.07 bits per heavy atom. The molecule has 1 saturated heterocycles. The molecule has 5 atom stereocenters. The fourth-order valence-corrected chi connectivity index (χ4v) is 3.85. The van der Waals surface area contributed by atoms with Crippen LogP contribution < -0.4 is 0 Å². The molecule has 0 aliphatic carbocycles. The maximum absolute atomic E-state index is 12.7. The van der Waals surface area contributed by atoms with Gasteiger partial charge in [-0.3, -0.25) is 0 Å². The van der Waals surface area contributed by atoms with Crippen molar-refractivity contribution in [3.8, 4) is 0 Å². The zero-order valence-corrected chi connectivity index (χ0v) is 17.2. The lowest BCUT2D eigenvalue weighted by Gasteiger charge is -2.40. The predicted molar refractivity (Wildman–Crippen MR) is 102 cm³/mol. The monoisotopic (exact) mass is 397 g/mol. The van der Waals surface area contributed by atoms with E-state index in [1.54, 1.807) is 39.8 Å². The Hall–Kier alpha value is -1.74. The minimum absolute atomic E-state index is 0.188. The van der Waals surface area contributed by atoms with Crippen molar-refractivity contribution in [2.75, 3.05) is 19.7 Å². The third kappa shape index (κ3) is 4.00. The summed E-state index contributed by atoms with van der Waals surface area (Å²) < 4.78 is 10.1. The average molecular weight is 397 g/mol. The van der Waals surface area contributed by atoms with E-state index in [1.807, 2.05) is 0 Å². The van der Waals surface area contributed by atoms with Gasteiger partial charge in [-0.15, -0.1) is 0 Å². The van der Waals surface area contributed by atoms with Gasteiger partial charge >= 0.3 is 11.9 Å². The number of carbonyl (C=O) groups excluding carboxylic acids is 2. The van der Waals surface area contributed by atoms with Crippen LogP contribution in [0, 0.1) is 11.1 Å². The molecule has 158 valence electrons. The molecule has 1 fully saturated rings. The van der Waals surface area contributed by atoms with Crippen LogP contribution in [0.3, 0.4) is 0 Å². The maximum atomic E-state index is 12.7. The summed E-state index contributed by atoms with van der Waals surface area (Å²) in [6.07, 6.45) is 1.78. The Kier molecular flexibility index (Phi) is 6.70. The second-order valence-corrected chi connectivity index (χ2v) is 8.01. The van der Waals surface area contributed by atoms with Crippen LogP contribution in [0.2, 0.25) is 0 Å². The number of rotatable bonds is 7. The molecular weight excluding hydrogens is 366 g/mol. The van der Waals surface area contributed by atoms with Crippen molar-refractivity contribution in [3.63, 3.8) is 0 Å². The van der Waals surface area contributed by atoms with Gasteiger partial charge in [0.2, 0.25) is 5.60 Å². The highest BCUT2D eigenvalue weighted by molar-refractivity contribution is 5.88. The molecular formula is C20H31NO7. The van der Waals surface area contributed by atoms with Crippen molar-refractivity contribution in [3.05, 3.63) is 28.5 Å². The van der Waals surface area contributed by atoms with Gasteiger partial charge in [0.05, 0.1) is 13.1 Å². The Balaban J connectivity index is 2.07. The lowest BCUT2D eigenvalue weighted by molar-refractivity contribution is -0.877. The first-order chi connectivity index (χ1) is 13.0. The molecule has 0 saturated carbocycles. The summed E-state index contributed by atoms with van der Waals surface area (Å²) in [5.41, 5.74) is -1.11. The van der Waals surface area contributed by atoms with Crippen molar-refractivity contribution < 1.29 is 33.9 Å². The summed E-state index contributed by atoms with van der Waals surface area (Å²) >= 11 is 0. The van der Waals surface area contributed by atoms with Crippen LogP contribution in [-0.4, -0.2) is 70.3 Å². The van der Waals surface area contributed by atoms with Crippen LogP contribution >= 0.6 is 0 Å². The second-order valence-electron chi connectivity index (χ2n) is 8.01. The molecule has 0 amide bonds. The number of fused-ring (bicyclic) bond motifs is 1. The third-order valence-corrected chi connectivity index (χ3v) is 5.95. The van der Waals surface area contributed by atoms with E-state index < -0.39 is 46.4 Å². The van der Waals surface area contributed by atoms with Crippen LogP contribution in [0.4, 0.5) is 0 Å². The largest absolute Gasteiger partial charge is 0.632 e. The van der Waals surface area contributed by atoms with Crippen LogP contribution in [-0.2, 0) is 19.1 Å². The molecule has 8 heteroatoms. The molecule has 2 rings (SSSR count).